The van der Waals surface area contributed by atoms with E-state index in [0.717, 1.165) is 12.8 Å². The van der Waals surface area contributed by atoms with Gasteiger partial charge in [0.1, 0.15) is 0 Å². The number of hydrogen-bond acceptors (Lipinski definition) is 4. The maximum Gasteiger partial charge on any atom is 0.200 e. The van der Waals surface area contributed by atoms with E-state index >= 15 is 0 Å². The molecule has 0 rings (SSSR count). The van der Waals surface area contributed by atoms with Crippen molar-refractivity contribution >= 4 is 0 Å². The van der Waals surface area contributed by atoms with Crippen LogP contribution in [0.15, 0.2) is 12.2 Å². The van der Waals surface area contributed by atoms with Gasteiger partial charge in [-0.15, -0.1) is 0 Å². The van der Waals surface area contributed by atoms with E-state index in [2.05, 4.69) is 6.92 Å². The van der Waals surface area contributed by atoms with Crippen LogP contribution in [0.5, 0.6) is 0 Å². The summed E-state index contributed by atoms with van der Waals surface area (Å²) >= 11 is 0. The van der Waals surface area contributed by atoms with E-state index in [9.17, 15) is 10.2 Å². The van der Waals surface area contributed by atoms with Crippen molar-refractivity contribution in [3.8, 4) is 0 Å². The van der Waals surface area contributed by atoms with Crippen LogP contribution < -0.4 is 5.73 Å². The van der Waals surface area contributed by atoms with Crippen molar-refractivity contribution < 1.29 is 15.3 Å². The van der Waals surface area contributed by atoms with Gasteiger partial charge in [0.15, 0.2) is 0 Å². The molecular weight excluding hydrogens is 278 g/mol. The molecule has 0 bridgehead atoms. The molecule has 0 amide bonds. The fourth-order valence-corrected chi connectivity index (χ4v) is 2.44. The van der Waals surface area contributed by atoms with E-state index in [4.69, 9.17) is 10.8 Å². The smallest absolute Gasteiger partial charge is 0.200 e. The lowest BCUT2D eigenvalue weighted by molar-refractivity contribution is -0.142. The van der Waals surface area contributed by atoms with Crippen LogP contribution in [0.1, 0.15) is 84.0 Å². The van der Waals surface area contributed by atoms with Gasteiger partial charge in [-0.1, -0.05) is 77.2 Å². The Kier molecular flexibility index (Phi) is 13.9. The molecule has 22 heavy (non-hydrogen) atoms. The zero-order valence-electron chi connectivity index (χ0n) is 14.3. The Morgan fingerprint density at radius 2 is 1.32 bits per heavy atom. The third-order valence-electron chi connectivity index (χ3n) is 4.08. The minimum absolute atomic E-state index is 0.449. The number of unbranched alkanes of at least 4 members (excludes halogenated alkanes) is 11. The predicted molar refractivity (Wildman–Crippen MR) is 92.4 cm³/mol. The van der Waals surface area contributed by atoms with Gasteiger partial charge in [0.05, 0.1) is 12.6 Å². The molecule has 0 aromatic rings. The van der Waals surface area contributed by atoms with Crippen LogP contribution in [0.3, 0.4) is 0 Å². The maximum absolute atomic E-state index is 9.54. The summed E-state index contributed by atoms with van der Waals surface area (Å²) in [5.41, 5.74) is 5.40. The number of aliphatic hydroxyl groups excluding tert-OH is 1. The molecule has 0 saturated carbocycles. The molecule has 0 unspecified atom stereocenters. The summed E-state index contributed by atoms with van der Waals surface area (Å²) in [4.78, 5) is 0. The Morgan fingerprint density at radius 1 is 0.864 bits per heavy atom. The SMILES string of the molecule is CCCCCCCCCCCCC/C=C/C(O)(O)[C@@H](N)CO. The van der Waals surface area contributed by atoms with E-state index in [0.29, 0.717) is 0 Å². The minimum Gasteiger partial charge on any atom is -0.395 e. The molecule has 0 fully saturated rings. The highest BCUT2D eigenvalue weighted by molar-refractivity contribution is 4.99. The lowest BCUT2D eigenvalue weighted by Crippen LogP contribution is -2.48. The van der Waals surface area contributed by atoms with Gasteiger partial charge in [-0.2, -0.15) is 0 Å². The summed E-state index contributed by atoms with van der Waals surface area (Å²) in [5.74, 6) is -2.10. The highest BCUT2D eigenvalue weighted by Crippen LogP contribution is 2.13. The highest BCUT2D eigenvalue weighted by Gasteiger charge is 2.27. The fraction of sp³-hybridized carbons (Fsp3) is 0.889. The molecule has 0 aromatic carbocycles. The Bertz CT molecular complexity index is 267. The predicted octanol–water partition coefficient (Wildman–Crippen LogP) is 3.24. The van der Waals surface area contributed by atoms with E-state index < -0.39 is 18.4 Å². The molecule has 132 valence electrons. The van der Waals surface area contributed by atoms with Crippen molar-refractivity contribution in [1.82, 2.24) is 0 Å². The maximum atomic E-state index is 9.54. The summed E-state index contributed by atoms with van der Waals surface area (Å²) in [6.07, 6.45) is 18.2. The molecule has 5 N–H and O–H groups in total. The second kappa shape index (κ2) is 14.2. The van der Waals surface area contributed by atoms with Crippen molar-refractivity contribution in [2.45, 2.75) is 95.8 Å². The number of nitrogens with two attached hydrogens (primary N) is 1. The standard InChI is InChI=1S/C18H37NO3/c1-2-3-4-5-6-7-8-9-10-11-12-13-14-15-18(21,22)17(19)16-20/h14-15,17,20-22H,2-13,16,19H2,1H3/b15-14+/t17-/m0/s1. The molecule has 0 radical (unpaired) electrons. The van der Waals surface area contributed by atoms with E-state index in [1.807, 2.05) is 0 Å². The van der Waals surface area contributed by atoms with Gasteiger partial charge in [0.25, 0.3) is 0 Å². The molecule has 4 heteroatoms. The number of allylic oxidation sites excluding steroid dienone is 1. The average molecular weight is 315 g/mol. The molecule has 1 atom stereocenters. The normalized spacial score (nSPS) is 13.9. The van der Waals surface area contributed by atoms with Crippen molar-refractivity contribution in [1.29, 1.82) is 0 Å². The van der Waals surface area contributed by atoms with Crippen molar-refractivity contribution in [3.63, 3.8) is 0 Å². The van der Waals surface area contributed by atoms with Gasteiger partial charge >= 0.3 is 0 Å². The first-order valence-electron chi connectivity index (χ1n) is 9.03. The van der Waals surface area contributed by atoms with Gasteiger partial charge in [-0.25, -0.2) is 0 Å². The van der Waals surface area contributed by atoms with Gasteiger partial charge in [-0.05, 0) is 18.9 Å². The second-order valence-corrected chi connectivity index (χ2v) is 6.30. The molecular formula is C18H37NO3. The molecule has 0 aliphatic rings. The van der Waals surface area contributed by atoms with Gasteiger partial charge < -0.3 is 21.1 Å². The Hall–Kier alpha value is -0.420. The van der Waals surface area contributed by atoms with Crippen LogP contribution >= 0.6 is 0 Å². The third kappa shape index (κ3) is 12.2. The summed E-state index contributed by atoms with van der Waals surface area (Å²) in [6.45, 7) is 1.80. The molecule has 0 saturated heterocycles. The van der Waals surface area contributed by atoms with E-state index in [1.54, 1.807) is 6.08 Å². The van der Waals surface area contributed by atoms with Crippen LogP contribution in [0.4, 0.5) is 0 Å². The van der Waals surface area contributed by atoms with Crippen LogP contribution in [-0.4, -0.2) is 33.8 Å². The molecule has 0 aliphatic heterocycles. The van der Waals surface area contributed by atoms with Gasteiger partial charge in [0, 0.05) is 0 Å². The quantitative estimate of drug-likeness (QED) is 0.212. The zero-order chi connectivity index (χ0) is 16.7. The number of aliphatic hydroxyl groups is 3. The first kappa shape index (κ1) is 21.6. The van der Waals surface area contributed by atoms with E-state index in [1.165, 1.54) is 70.3 Å². The number of hydrogen-bond donors (Lipinski definition) is 4. The Balaban J connectivity index is 3.36. The van der Waals surface area contributed by atoms with Crippen molar-refractivity contribution in [2.75, 3.05) is 6.61 Å². The van der Waals surface area contributed by atoms with Gasteiger partial charge in [0.2, 0.25) is 5.79 Å². The van der Waals surface area contributed by atoms with Crippen LogP contribution in [0.2, 0.25) is 0 Å². The Labute approximate surface area is 136 Å². The summed E-state index contributed by atoms with van der Waals surface area (Å²) in [7, 11) is 0. The van der Waals surface area contributed by atoms with Crippen molar-refractivity contribution in [3.05, 3.63) is 12.2 Å². The molecule has 0 spiro atoms. The lowest BCUT2D eigenvalue weighted by Gasteiger charge is -2.23. The fourth-order valence-electron chi connectivity index (χ4n) is 2.44. The summed E-state index contributed by atoms with van der Waals surface area (Å²) in [6, 6.07) is -1.05. The lowest BCUT2D eigenvalue weighted by atomic mass is 10.0. The average Bonchev–Trinajstić information content (AvgIpc) is 2.50. The molecule has 0 aromatic heterocycles. The molecule has 0 aliphatic carbocycles. The second-order valence-electron chi connectivity index (χ2n) is 6.30. The summed E-state index contributed by atoms with van der Waals surface area (Å²) < 4.78 is 0. The topological polar surface area (TPSA) is 86.7 Å². The zero-order valence-corrected chi connectivity index (χ0v) is 14.3. The largest absolute Gasteiger partial charge is 0.395 e. The van der Waals surface area contributed by atoms with Gasteiger partial charge in [-0.3, -0.25) is 0 Å². The number of rotatable bonds is 15. The van der Waals surface area contributed by atoms with Crippen LogP contribution in [0, 0.1) is 0 Å². The van der Waals surface area contributed by atoms with E-state index in [-0.39, 0.29) is 0 Å². The Morgan fingerprint density at radius 3 is 1.77 bits per heavy atom. The molecule has 4 nitrogen and oxygen atoms in total. The first-order valence-corrected chi connectivity index (χ1v) is 9.03. The third-order valence-corrected chi connectivity index (χ3v) is 4.08. The van der Waals surface area contributed by atoms with Crippen LogP contribution in [0.25, 0.3) is 0 Å². The van der Waals surface area contributed by atoms with Crippen molar-refractivity contribution in [2.24, 2.45) is 5.73 Å². The summed E-state index contributed by atoms with van der Waals surface area (Å²) in [5, 5.41) is 27.9. The molecule has 0 heterocycles. The first-order chi connectivity index (χ1) is 10.5. The monoisotopic (exact) mass is 315 g/mol. The van der Waals surface area contributed by atoms with Crippen LogP contribution in [-0.2, 0) is 0 Å². The minimum atomic E-state index is -2.10. The highest BCUT2D eigenvalue weighted by atomic mass is 16.5.